The summed E-state index contributed by atoms with van der Waals surface area (Å²) in [5.41, 5.74) is 3.26. The number of rotatable bonds is 10. The van der Waals surface area contributed by atoms with Crippen molar-refractivity contribution >= 4 is 23.4 Å². The Kier molecular flexibility index (Phi) is 8.98. The first-order valence-electron chi connectivity index (χ1n) is 12.6. The number of amides is 2. The second-order valence-electron chi connectivity index (χ2n) is 9.50. The Morgan fingerprint density at radius 2 is 1.53 bits per heavy atom. The van der Waals surface area contributed by atoms with E-state index in [1.165, 1.54) is 12.1 Å². The highest BCUT2D eigenvalue weighted by atomic mass is 35.5. The molecule has 3 aromatic carbocycles. The fraction of sp³-hybridized carbons (Fsp3) is 0.226. The monoisotopic (exact) mass is 531 g/mol. The van der Waals surface area contributed by atoms with Gasteiger partial charge in [0, 0.05) is 31.0 Å². The minimum absolute atomic E-state index is 0.0762. The molecular formula is C31H31ClFN3O2. The second kappa shape index (κ2) is 12.6. The summed E-state index contributed by atoms with van der Waals surface area (Å²) in [6.45, 7) is 5.00. The number of carbonyl (C=O) groups excluding carboxylic acids is 2. The van der Waals surface area contributed by atoms with Gasteiger partial charge >= 0.3 is 0 Å². The molecule has 1 heterocycles. The molecule has 7 heteroatoms. The van der Waals surface area contributed by atoms with Gasteiger partial charge in [-0.25, -0.2) is 4.39 Å². The molecular weight excluding hydrogens is 501 g/mol. The Labute approximate surface area is 228 Å². The molecule has 0 fully saturated rings. The topological polar surface area (TPSA) is 45.6 Å². The molecule has 4 rings (SSSR count). The van der Waals surface area contributed by atoms with E-state index in [1.807, 2.05) is 67.1 Å². The highest BCUT2D eigenvalue weighted by molar-refractivity contribution is 6.33. The van der Waals surface area contributed by atoms with Gasteiger partial charge in [0.15, 0.2) is 0 Å². The molecule has 0 radical (unpaired) electrons. The lowest BCUT2D eigenvalue weighted by Gasteiger charge is -2.30. The number of benzene rings is 3. The summed E-state index contributed by atoms with van der Waals surface area (Å²) < 4.78 is 15.4. The smallest absolute Gasteiger partial charge is 0.256 e. The molecule has 4 aromatic rings. The highest BCUT2D eigenvalue weighted by Crippen LogP contribution is 2.20. The van der Waals surface area contributed by atoms with Gasteiger partial charge in [0.2, 0.25) is 5.91 Å². The third kappa shape index (κ3) is 6.90. The molecule has 0 saturated heterocycles. The van der Waals surface area contributed by atoms with Crippen molar-refractivity contribution in [3.8, 4) is 0 Å². The van der Waals surface area contributed by atoms with Crippen LogP contribution in [0.25, 0.3) is 0 Å². The van der Waals surface area contributed by atoms with Crippen LogP contribution < -0.4 is 0 Å². The predicted molar refractivity (Wildman–Crippen MR) is 148 cm³/mol. The van der Waals surface area contributed by atoms with Crippen LogP contribution in [0.4, 0.5) is 4.39 Å². The van der Waals surface area contributed by atoms with Crippen molar-refractivity contribution in [2.24, 2.45) is 0 Å². The lowest BCUT2D eigenvalue weighted by atomic mass is 10.1. The van der Waals surface area contributed by atoms with Gasteiger partial charge in [-0.1, -0.05) is 66.2 Å². The van der Waals surface area contributed by atoms with Crippen LogP contribution in [-0.2, 0) is 24.4 Å². The van der Waals surface area contributed by atoms with Crippen LogP contribution >= 0.6 is 11.6 Å². The Hall–Kier alpha value is -3.90. The lowest BCUT2D eigenvalue weighted by Crippen LogP contribution is -2.45. The maximum atomic E-state index is 13.8. The van der Waals surface area contributed by atoms with Crippen LogP contribution in [0.3, 0.4) is 0 Å². The van der Waals surface area contributed by atoms with E-state index in [0.717, 1.165) is 16.8 Å². The number of nitrogens with zero attached hydrogens (tertiary/aromatic N) is 3. The summed E-state index contributed by atoms with van der Waals surface area (Å²) in [5, 5.41) is 0.357. The summed E-state index contributed by atoms with van der Waals surface area (Å²) in [4.78, 5) is 30.4. The number of carbonyl (C=O) groups is 2. The zero-order chi connectivity index (χ0) is 27.1. The van der Waals surface area contributed by atoms with Gasteiger partial charge in [-0.15, -0.1) is 0 Å². The van der Waals surface area contributed by atoms with Crippen LogP contribution in [0.15, 0.2) is 97.2 Å². The first-order valence-corrected chi connectivity index (χ1v) is 12.9. The molecule has 0 aliphatic carbocycles. The number of hydrogen-bond donors (Lipinski definition) is 0. The maximum Gasteiger partial charge on any atom is 0.256 e. The van der Waals surface area contributed by atoms with Crippen LogP contribution in [0.1, 0.15) is 41.0 Å². The van der Waals surface area contributed by atoms with E-state index in [1.54, 1.807) is 46.2 Å². The maximum absolute atomic E-state index is 13.8. The molecule has 0 aliphatic heterocycles. The molecule has 196 valence electrons. The summed E-state index contributed by atoms with van der Waals surface area (Å²) >= 11 is 6.30. The average molecular weight is 532 g/mol. The number of hydrogen-bond acceptors (Lipinski definition) is 2. The van der Waals surface area contributed by atoms with Gasteiger partial charge in [0.25, 0.3) is 5.91 Å². The fourth-order valence-electron chi connectivity index (χ4n) is 4.29. The van der Waals surface area contributed by atoms with Crippen molar-refractivity contribution in [3.63, 3.8) is 0 Å². The first-order chi connectivity index (χ1) is 18.3. The average Bonchev–Trinajstić information content (AvgIpc) is 3.34. The van der Waals surface area contributed by atoms with Gasteiger partial charge in [-0.05, 0) is 61.4 Å². The molecule has 0 unspecified atom stereocenters. The normalized spacial score (nSPS) is 11.0. The van der Waals surface area contributed by atoms with Crippen LogP contribution in [0, 0.1) is 5.82 Å². The Bertz CT molecular complexity index is 1370. The van der Waals surface area contributed by atoms with Crippen molar-refractivity contribution < 1.29 is 14.0 Å². The van der Waals surface area contributed by atoms with Crippen LogP contribution in [0.2, 0.25) is 5.02 Å². The Morgan fingerprint density at radius 3 is 2.21 bits per heavy atom. The van der Waals surface area contributed by atoms with Gasteiger partial charge in [0.1, 0.15) is 12.4 Å². The largest absolute Gasteiger partial charge is 0.345 e. The minimum atomic E-state index is -0.279. The summed E-state index contributed by atoms with van der Waals surface area (Å²) in [6, 6.07) is 26.8. The van der Waals surface area contributed by atoms with E-state index in [4.69, 9.17) is 11.6 Å². The van der Waals surface area contributed by atoms with Gasteiger partial charge in [-0.2, -0.15) is 0 Å². The molecule has 0 atom stereocenters. The van der Waals surface area contributed by atoms with Gasteiger partial charge in [0.05, 0.1) is 17.1 Å². The Balaban J connectivity index is 1.57. The van der Waals surface area contributed by atoms with E-state index in [-0.39, 0.29) is 30.2 Å². The van der Waals surface area contributed by atoms with Crippen molar-refractivity contribution in [2.75, 3.05) is 6.54 Å². The summed E-state index contributed by atoms with van der Waals surface area (Å²) in [6.07, 6.45) is 1.95. The standard InChI is InChI=1S/C31H31ClFN3O2/c1-23(2)36(31(38)28-12-6-7-13-29(28)32)22-30(37)35(20-24-9-4-3-5-10-24)21-27-11-8-18-34(27)19-25-14-16-26(33)17-15-25/h3-18,23H,19-22H2,1-2H3. The summed E-state index contributed by atoms with van der Waals surface area (Å²) in [7, 11) is 0. The zero-order valence-corrected chi connectivity index (χ0v) is 22.3. The van der Waals surface area contributed by atoms with Gasteiger partial charge in [-0.3, -0.25) is 9.59 Å². The molecule has 0 spiro atoms. The molecule has 38 heavy (non-hydrogen) atoms. The van der Waals surface area contributed by atoms with E-state index in [9.17, 15) is 14.0 Å². The van der Waals surface area contributed by atoms with Gasteiger partial charge < -0.3 is 14.4 Å². The van der Waals surface area contributed by atoms with E-state index >= 15 is 0 Å². The molecule has 0 aliphatic rings. The molecule has 1 aromatic heterocycles. The van der Waals surface area contributed by atoms with Crippen molar-refractivity contribution in [1.82, 2.24) is 14.4 Å². The fourth-order valence-corrected chi connectivity index (χ4v) is 4.51. The highest BCUT2D eigenvalue weighted by Gasteiger charge is 2.26. The molecule has 5 nitrogen and oxygen atoms in total. The third-order valence-electron chi connectivity index (χ3n) is 6.41. The quantitative estimate of drug-likeness (QED) is 0.237. The minimum Gasteiger partial charge on any atom is -0.345 e. The molecule has 0 N–H and O–H groups in total. The molecule has 0 saturated carbocycles. The van der Waals surface area contributed by atoms with Crippen LogP contribution in [-0.4, -0.2) is 38.8 Å². The third-order valence-corrected chi connectivity index (χ3v) is 6.74. The Morgan fingerprint density at radius 1 is 0.842 bits per heavy atom. The molecule has 2 amide bonds. The summed E-state index contributed by atoms with van der Waals surface area (Å²) in [5.74, 6) is -0.724. The first kappa shape index (κ1) is 27.1. The zero-order valence-electron chi connectivity index (χ0n) is 21.6. The number of halogens is 2. The predicted octanol–water partition coefficient (Wildman–Crippen LogP) is 6.41. The van der Waals surface area contributed by atoms with E-state index in [0.29, 0.717) is 30.2 Å². The SMILES string of the molecule is CC(C)N(CC(=O)N(Cc1ccccc1)Cc1cccn1Cc1ccc(F)cc1)C(=O)c1ccccc1Cl. The van der Waals surface area contributed by atoms with E-state index < -0.39 is 0 Å². The number of aromatic nitrogens is 1. The van der Waals surface area contributed by atoms with E-state index in [2.05, 4.69) is 0 Å². The van der Waals surface area contributed by atoms with Crippen molar-refractivity contribution in [1.29, 1.82) is 0 Å². The lowest BCUT2D eigenvalue weighted by molar-refractivity contribution is -0.133. The van der Waals surface area contributed by atoms with Crippen LogP contribution in [0.5, 0.6) is 0 Å². The van der Waals surface area contributed by atoms with Crippen molar-refractivity contribution in [2.45, 2.75) is 39.5 Å². The second-order valence-corrected chi connectivity index (χ2v) is 9.90. The molecule has 0 bridgehead atoms. The van der Waals surface area contributed by atoms with Crippen molar-refractivity contribution in [3.05, 3.63) is 130 Å².